The number of hydrogen-bond donors (Lipinski definition) is 3. The Labute approximate surface area is 194 Å². The Balaban J connectivity index is 1.68. The summed E-state index contributed by atoms with van der Waals surface area (Å²) in [6.07, 6.45) is -0.387. The van der Waals surface area contributed by atoms with E-state index in [0.29, 0.717) is 6.42 Å². The standard InChI is InChI=1S/C26H32N2O5/c1-5-16(14-22(29)30)27-24(31)23(26(2,3)4)28-25(32)33-15-21-19-12-8-6-10-17(19)18-11-7-9-13-20(18)21/h6-13,16,21,23H,5,14-15H2,1-4H3,(H,27,31)(H,28,32)(H,29,30)/t16-,23-/m0/s1. The van der Waals surface area contributed by atoms with Crippen LogP contribution in [-0.4, -0.2) is 41.8 Å². The van der Waals surface area contributed by atoms with Crippen molar-refractivity contribution >= 4 is 18.0 Å². The minimum Gasteiger partial charge on any atom is -0.481 e. The topological polar surface area (TPSA) is 105 Å². The Morgan fingerprint density at radius 1 is 0.970 bits per heavy atom. The number of amides is 2. The minimum atomic E-state index is -0.987. The molecule has 2 aromatic carbocycles. The molecule has 0 unspecified atom stereocenters. The molecule has 0 bridgehead atoms. The summed E-state index contributed by atoms with van der Waals surface area (Å²) in [5.41, 5.74) is 3.89. The lowest BCUT2D eigenvalue weighted by Crippen LogP contribution is -2.55. The molecule has 0 aromatic heterocycles. The van der Waals surface area contributed by atoms with Crippen LogP contribution in [0, 0.1) is 5.41 Å². The van der Waals surface area contributed by atoms with Gasteiger partial charge in [-0.1, -0.05) is 76.2 Å². The van der Waals surface area contributed by atoms with Gasteiger partial charge < -0.3 is 20.5 Å². The maximum atomic E-state index is 12.9. The summed E-state index contributed by atoms with van der Waals surface area (Å²) in [4.78, 5) is 36.6. The van der Waals surface area contributed by atoms with Gasteiger partial charge in [0.15, 0.2) is 0 Å². The average molecular weight is 453 g/mol. The van der Waals surface area contributed by atoms with Crippen molar-refractivity contribution in [3.8, 4) is 11.1 Å². The number of alkyl carbamates (subject to hydrolysis) is 1. The average Bonchev–Trinajstić information content (AvgIpc) is 3.08. The van der Waals surface area contributed by atoms with Crippen molar-refractivity contribution in [1.82, 2.24) is 10.6 Å². The number of ether oxygens (including phenoxy) is 1. The third kappa shape index (κ3) is 5.72. The molecular formula is C26H32N2O5. The highest BCUT2D eigenvalue weighted by Crippen LogP contribution is 2.44. The highest BCUT2D eigenvalue weighted by Gasteiger charge is 2.35. The van der Waals surface area contributed by atoms with Crippen molar-refractivity contribution in [3.63, 3.8) is 0 Å². The predicted molar refractivity (Wildman–Crippen MR) is 126 cm³/mol. The molecule has 0 spiro atoms. The molecule has 3 N–H and O–H groups in total. The van der Waals surface area contributed by atoms with Gasteiger partial charge in [-0.2, -0.15) is 0 Å². The van der Waals surface area contributed by atoms with Crippen molar-refractivity contribution in [1.29, 1.82) is 0 Å². The van der Waals surface area contributed by atoms with Crippen LogP contribution in [0.15, 0.2) is 48.5 Å². The van der Waals surface area contributed by atoms with Gasteiger partial charge in [0.1, 0.15) is 12.6 Å². The van der Waals surface area contributed by atoms with E-state index in [1.807, 2.05) is 57.2 Å². The van der Waals surface area contributed by atoms with Gasteiger partial charge in [-0.15, -0.1) is 0 Å². The van der Waals surface area contributed by atoms with Crippen LogP contribution in [0.2, 0.25) is 0 Å². The summed E-state index contributed by atoms with van der Waals surface area (Å²) < 4.78 is 5.59. The fraction of sp³-hybridized carbons (Fsp3) is 0.423. The maximum Gasteiger partial charge on any atom is 0.407 e. The van der Waals surface area contributed by atoms with E-state index in [4.69, 9.17) is 9.84 Å². The summed E-state index contributed by atoms with van der Waals surface area (Å²) in [7, 11) is 0. The first-order valence-corrected chi connectivity index (χ1v) is 11.3. The van der Waals surface area contributed by atoms with Crippen LogP contribution in [0.4, 0.5) is 4.79 Å². The number of benzene rings is 2. The molecule has 176 valence electrons. The van der Waals surface area contributed by atoms with Gasteiger partial charge in [-0.05, 0) is 34.1 Å². The SMILES string of the molecule is CC[C@@H](CC(=O)O)NC(=O)[C@H](NC(=O)OCC1c2ccccc2-c2ccccc21)C(C)(C)C. The molecule has 33 heavy (non-hydrogen) atoms. The van der Waals surface area contributed by atoms with Gasteiger partial charge in [0.05, 0.1) is 6.42 Å². The monoisotopic (exact) mass is 452 g/mol. The number of aliphatic carboxylic acids is 1. The molecule has 0 saturated heterocycles. The first-order chi connectivity index (χ1) is 15.6. The summed E-state index contributed by atoms with van der Waals surface area (Å²) in [5.74, 6) is -1.49. The molecule has 2 aromatic rings. The van der Waals surface area contributed by atoms with Crippen LogP contribution in [0.25, 0.3) is 11.1 Å². The molecule has 2 atom stereocenters. The summed E-state index contributed by atoms with van der Waals surface area (Å²) in [6.45, 7) is 7.45. The smallest absolute Gasteiger partial charge is 0.407 e. The van der Waals surface area contributed by atoms with Crippen molar-refractivity contribution < 1.29 is 24.2 Å². The number of hydrogen-bond acceptors (Lipinski definition) is 4. The third-order valence-corrected chi connectivity index (χ3v) is 5.99. The van der Waals surface area contributed by atoms with Crippen LogP contribution in [0.3, 0.4) is 0 Å². The van der Waals surface area contributed by atoms with E-state index in [9.17, 15) is 14.4 Å². The number of carboxylic acid groups (broad SMARTS) is 1. The summed E-state index contributed by atoms with van der Waals surface area (Å²) in [6, 6.07) is 14.8. The molecule has 2 amide bonds. The van der Waals surface area contributed by atoms with Crippen molar-refractivity contribution in [2.24, 2.45) is 5.41 Å². The van der Waals surface area contributed by atoms with Gasteiger partial charge in [0.2, 0.25) is 5.91 Å². The lowest BCUT2D eigenvalue weighted by Gasteiger charge is -2.31. The van der Waals surface area contributed by atoms with Crippen molar-refractivity contribution in [3.05, 3.63) is 59.7 Å². The fourth-order valence-electron chi connectivity index (χ4n) is 4.23. The molecule has 0 radical (unpaired) electrons. The van der Waals surface area contributed by atoms with Gasteiger partial charge >= 0.3 is 12.1 Å². The first kappa shape index (κ1) is 24.3. The zero-order valence-corrected chi connectivity index (χ0v) is 19.6. The Bertz CT molecular complexity index is 982. The molecule has 0 fully saturated rings. The Morgan fingerprint density at radius 3 is 2.00 bits per heavy atom. The molecule has 1 aliphatic carbocycles. The Hall–Kier alpha value is -3.35. The molecule has 7 heteroatoms. The van der Waals surface area contributed by atoms with E-state index in [2.05, 4.69) is 22.8 Å². The minimum absolute atomic E-state index is 0.0786. The molecule has 0 aliphatic heterocycles. The quantitative estimate of drug-likeness (QED) is 0.554. The Kier molecular flexibility index (Phi) is 7.41. The second kappa shape index (κ2) is 10.1. The molecule has 3 rings (SSSR count). The van der Waals surface area contributed by atoms with Gasteiger partial charge in [0, 0.05) is 12.0 Å². The van der Waals surface area contributed by atoms with Crippen LogP contribution in [-0.2, 0) is 14.3 Å². The number of nitrogens with one attached hydrogen (secondary N) is 2. The zero-order valence-electron chi connectivity index (χ0n) is 19.6. The third-order valence-electron chi connectivity index (χ3n) is 5.99. The van der Waals surface area contributed by atoms with Crippen molar-refractivity contribution in [2.45, 2.75) is 58.5 Å². The number of fused-ring (bicyclic) bond motifs is 3. The van der Waals surface area contributed by atoms with Crippen LogP contribution >= 0.6 is 0 Å². The number of carbonyl (C=O) groups is 3. The molecule has 7 nitrogen and oxygen atoms in total. The van der Waals surface area contributed by atoms with Crippen LogP contribution in [0.1, 0.15) is 57.6 Å². The molecular weight excluding hydrogens is 420 g/mol. The number of carboxylic acids is 1. The lowest BCUT2D eigenvalue weighted by molar-refractivity contribution is -0.137. The maximum absolute atomic E-state index is 12.9. The summed E-state index contributed by atoms with van der Waals surface area (Å²) >= 11 is 0. The fourth-order valence-corrected chi connectivity index (χ4v) is 4.23. The van der Waals surface area contributed by atoms with Crippen LogP contribution < -0.4 is 10.6 Å². The predicted octanol–water partition coefficient (Wildman–Crippen LogP) is 4.31. The molecule has 0 saturated carbocycles. The molecule has 0 heterocycles. The second-order valence-corrected chi connectivity index (χ2v) is 9.48. The van der Waals surface area contributed by atoms with Gasteiger partial charge in [-0.3, -0.25) is 9.59 Å². The Morgan fingerprint density at radius 2 is 1.52 bits per heavy atom. The van der Waals surface area contributed by atoms with E-state index >= 15 is 0 Å². The van der Waals surface area contributed by atoms with Gasteiger partial charge in [0.25, 0.3) is 0 Å². The lowest BCUT2D eigenvalue weighted by atomic mass is 9.86. The second-order valence-electron chi connectivity index (χ2n) is 9.48. The van der Waals surface area contributed by atoms with E-state index < -0.39 is 35.5 Å². The van der Waals surface area contributed by atoms with Gasteiger partial charge in [-0.25, -0.2) is 4.79 Å². The highest BCUT2D eigenvalue weighted by molar-refractivity contribution is 5.87. The van der Waals surface area contributed by atoms with Crippen molar-refractivity contribution in [2.75, 3.05) is 6.61 Å². The highest BCUT2D eigenvalue weighted by atomic mass is 16.5. The van der Waals surface area contributed by atoms with E-state index in [1.54, 1.807) is 6.92 Å². The van der Waals surface area contributed by atoms with E-state index in [-0.39, 0.29) is 18.9 Å². The first-order valence-electron chi connectivity index (χ1n) is 11.3. The van der Waals surface area contributed by atoms with E-state index in [1.165, 1.54) is 0 Å². The van der Waals surface area contributed by atoms with E-state index in [0.717, 1.165) is 22.3 Å². The summed E-state index contributed by atoms with van der Waals surface area (Å²) in [5, 5.41) is 14.5. The van der Waals surface area contributed by atoms with Crippen LogP contribution in [0.5, 0.6) is 0 Å². The largest absolute Gasteiger partial charge is 0.481 e. The number of rotatable bonds is 8. The normalized spacial score (nSPS) is 14.5. The number of carbonyl (C=O) groups excluding carboxylic acids is 2. The molecule has 1 aliphatic rings. The zero-order chi connectivity index (χ0) is 24.2.